The van der Waals surface area contributed by atoms with Gasteiger partial charge in [-0.05, 0) is 51.0 Å². The van der Waals surface area contributed by atoms with E-state index in [1.807, 2.05) is 66.2 Å². The largest absolute Gasteiger partial charge is 0.439 e. The van der Waals surface area contributed by atoms with Gasteiger partial charge in [0.25, 0.3) is 0 Å². The number of rotatable bonds is 11. The third kappa shape index (κ3) is 6.02. The molecular formula is C27H31N3O3. The fourth-order valence-corrected chi connectivity index (χ4v) is 3.85. The Bertz CT molecular complexity index is 1080. The molecule has 1 fully saturated rings. The van der Waals surface area contributed by atoms with Gasteiger partial charge in [0.15, 0.2) is 0 Å². The van der Waals surface area contributed by atoms with Gasteiger partial charge in [-0.2, -0.15) is 5.10 Å². The van der Waals surface area contributed by atoms with Crippen molar-refractivity contribution in [2.45, 2.75) is 45.4 Å². The zero-order valence-corrected chi connectivity index (χ0v) is 19.3. The first kappa shape index (κ1) is 23.1. The van der Waals surface area contributed by atoms with Crippen molar-refractivity contribution in [3.05, 3.63) is 71.4 Å². The van der Waals surface area contributed by atoms with E-state index < -0.39 is 6.10 Å². The van der Waals surface area contributed by atoms with Gasteiger partial charge in [0.1, 0.15) is 12.4 Å². The van der Waals surface area contributed by atoms with Crippen molar-refractivity contribution in [1.82, 2.24) is 14.7 Å². The number of ether oxygens (including phenoxy) is 2. The van der Waals surface area contributed by atoms with Gasteiger partial charge in [-0.15, -0.1) is 6.42 Å². The molecule has 6 heteroatoms. The van der Waals surface area contributed by atoms with E-state index in [1.54, 1.807) is 0 Å². The average molecular weight is 446 g/mol. The molecule has 1 heterocycles. The number of hydrogen-bond acceptors (Lipinski definition) is 5. The van der Waals surface area contributed by atoms with Gasteiger partial charge >= 0.3 is 0 Å². The van der Waals surface area contributed by atoms with E-state index in [1.165, 1.54) is 5.56 Å². The van der Waals surface area contributed by atoms with E-state index in [-0.39, 0.29) is 13.2 Å². The molecule has 172 valence electrons. The first-order valence-corrected chi connectivity index (χ1v) is 11.4. The first-order valence-electron chi connectivity index (χ1n) is 11.4. The van der Waals surface area contributed by atoms with Crippen LogP contribution in [0.15, 0.2) is 54.6 Å². The minimum Gasteiger partial charge on any atom is -0.439 e. The molecular weight excluding hydrogens is 414 g/mol. The molecule has 33 heavy (non-hydrogen) atoms. The number of aryl methyl sites for hydroxylation is 2. The van der Waals surface area contributed by atoms with Gasteiger partial charge in [0, 0.05) is 19.1 Å². The van der Waals surface area contributed by atoms with E-state index >= 15 is 0 Å². The number of para-hydroxylation sites is 1. The Hall–Kier alpha value is -3.11. The van der Waals surface area contributed by atoms with Crippen LogP contribution in [0.5, 0.6) is 11.6 Å². The van der Waals surface area contributed by atoms with E-state index in [9.17, 15) is 5.11 Å². The third-order valence-corrected chi connectivity index (χ3v) is 5.74. The van der Waals surface area contributed by atoms with Gasteiger partial charge in [0.2, 0.25) is 5.88 Å². The summed E-state index contributed by atoms with van der Waals surface area (Å²) in [4.78, 5) is 2.30. The summed E-state index contributed by atoms with van der Waals surface area (Å²) in [5.41, 5.74) is 4.04. The molecule has 0 radical (unpaired) electrons. The van der Waals surface area contributed by atoms with Crippen molar-refractivity contribution in [2.24, 2.45) is 0 Å². The summed E-state index contributed by atoms with van der Waals surface area (Å²) >= 11 is 0. The standard InChI is InChI=1S/C27H31N3O3/c1-4-16-32-19-24(31)17-29(22-12-13-22)18-26-21(3)28-30(23-8-6-5-7-9-23)27(26)33-25-14-10-20(2)11-15-25/h1,5-11,14-15,22,24,31H,12-13,16-19H2,2-3H3/t24-/m0/s1. The van der Waals surface area contributed by atoms with Crippen molar-refractivity contribution in [3.63, 3.8) is 0 Å². The van der Waals surface area contributed by atoms with Crippen LogP contribution in [0, 0.1) is 26.2 Å². The molecule has 1 aromatic heterocycles. The lowest BCUT2D eigenvalue weighted by molar-refractivity contribution is 0.0241. The van der Waals surface area contributed by atoms with Crippen LogP contribution >= 0.6 is 0 Å². The SMILES string of the molecule is C#CCOC[C@@H](O)CN(Cc1c(C)nn(-c2ccccc2)c1Oc1ccc(C)cc1)C1CC1. The molecule has 0 bridgehead atoms. The van der Waals surface area contributed by atoms with Crippen molar-refractivity contribution in [2.75, 3.05) is 19.8 Å². The first-order chi connectivity index (χ1) is 16.0. The predicted molar refractivity (Wildman–Crippen MR) is 129 cm³/mol. The van der Waals surface area contributed by atoms with E-state index in [0.29, 0.717) is 25.0 Å². The maximum Gasteiger partial charge on any atom is 0.227 e. The van der Waals surface area contributed by atoms with Crippen LogP contribution in [0.1, 0.15) is 29.7 Å². The number of aliphatic hydroxyl groups excluding tert-OH is 1. The fraction of sp³-hybridized carbons (Fsp3) is 0.370. The second-order valence-corrected chi connectivity index (χ2v) is 8.57. The van der Waals surface area contributed by atoms with Crippen molar-refractivity contribution < 1.29 is 14.6 Å². The molecule has 1 N–H and O–H groups in total. The van der Waals surface area contributed by atoms with Crippen molar-refractivity contribution in [3.8, 4) is 29.7 Å². The number of nitrogens with zero attached hydrogens (tertiary/aromatic N) is 3. The highest BCUT2D eigenvalue weighted by Crippen LogP contribution is 2.35. The topological polar surface area (TPSA) is 59.8 Å². The molecule has 1 aliphatic rings. The lowest BCUT2D eigenvalue weighted by Crippen LogP contribution is -2.36. The van der Waals surface area contributed by atoms with Gasteiger partial charge in [-0.3, -0.25) is 4.90 Å². The van der Waals surface area contributed by atoms with Crippen LogP contribution < -0.4 is 4.74 Å². The average Bonchev–Trinajstić information content (AvgIpc) is 3.62. The van der Waals surface area contributed by atoms with Crippen molar-refractivity contribution >= 4 is 0 Å². The number of terminal acetylenes is 1. The summed E-state index contributed by atoms with van der Waals surface area (Å²) < 4.78 is 13.6. The van der Waals surface area contributed by atoms with Crippen LogP contribution in [0.25, 0.3) is 5.69 Å². The molecule has 0 amide bonds. The summed E-state index contributed by atoms with van der Waals surface area (Å²) in [5.74, 6) is 3.90. The minimum absolute atomic E-state index is 0.206. The Morgan fingerprint density at radius 3 is 2.55 bits per heavy atom. The highest BCUT2D eigenvalue weighted by molar-refractivity contribution is 5.43. The lowest BCUT2D eigenvalue weighted by atomic mass is 10.2. The van der Waals surface area contributed by atoms with Gasteiger partial charge in [0.05, 0.1) is 29.7 Å². The van der Waals surface area contributed by atoms with Crippen LogP contribution in [-0.4, -0.2) is 51.7 Å². The molecule has 4 rings (SSSR count). The highest BCUT2D eigenvalue weighted by atomic mass is 16.5. The molecule has 2 aromatic carbocycles. The molecule has 0 unspecified atom stereocenters. The Balaban J connectivity index is 1.62. The summed E-state index contributed by atoms with van der Waals surface area (Å²) in [6.45, 7) is 5.64. The Morgan fingerprint density at radius 1 is 1.15 bits per heavy atom. The van der Waals surface area contributed by atoms with Crippen LogP contribution in [-0.2, 0) is 11.3 Å². The smallest absolute Gasteiger partial charge is 0.227 e. The Labute approximate surface area is 195 Å². The predicted octanol–water partition coefficient (Wildman–Crippen LogP) is 4.26. The van der Waals surface area contributed by atoms with Crippen LogP contribution in [0.4, 0.5) is 0 Å². The lowest BCUT2D eigenvalue weighted by Gasteiger charge is -2.25. The van der Waals surface area contributed by atoms with Crippen LogP contribution in [0.3, 0.4) is 0 Å². The number of benzene rings is 2. The van der Waals surface area contributed by atoms with Gasteiger partial charge < -0.3 is 14.6 Å². The molecule has 3 aromatic rings. The van der Waals surface area contributed by atoms with Crippen LogP contribution in [0.2, 0.25) is 0 Å². The summed E-state index contributed by atoms with van der Waals surface area (Å²) in [7, 11) is 0. The van der Waals surface area contributed by atoms with Gasteiger partial charge in [-0.25, -0.2) is 4.68 Å². The van der Waals surface area contributed by atoms with Crippen molar-refractivity contribution in [1.29, 1.82) is 0 Å². The number of hydrogen-bond donors (Lipinski definition) is 1. The molecule has 1 atom stereocenters. The molecule has 0 saturated heterocycles. The molecule has 1 aliphatic carbocycles. The number of aliphatic hydroxyl groups is 1. The second kappa shape index (κ2) is 10.7. The fourth-order valence-electron chi connectivity index (χ4n) is 3.85. The quantitative estimate of drug-likeness (QED) is 0.353. The Kier molecular flexibility index (Phi) is 7.46. The zero-order valence-electron chi connectivity index (χ0n) is 19.3. The van der Waals surface area contributed by atoms with E-state index in [0.717, 1.165) is 35.5 Å². The maximum absolute atomic E-state index is 10.5. The highest BCUT2D eigenvalue weighted by Gasteiger charge is 2.32. The molecule has 0 aliphatic heterocycles. The van der Waals surface area contributed by atoms with Gasteiger partial charge in [-0.1, -0.05) is 41.8 Å². The number of aromatic nitrogens is 2. The summed E-state index contributed by atoms with van der Waals surface area (Å²) in [6, 6.07) is 18.5. The molecule has 1 saturated carbocycles. The Morgan fingerprint density at radius 2 is 1.88 bits per heavy atom. The monoisotopic (exact) mass is 445 g/mol. The second-order valence-electron chi connectivity index (χ2n) is 8.57. The summed E-state index contributed by atoms with van der Waals surface area (Å²) in [5, 5.41) is 15.3. The normalized spacial score (nSPS) is 14.3. The maximum atomic E-state index is 10.5. The van der Waals surface area contributed by atoms with E-state index in [4.69, 9.17) is 21.0 Å². The third-order valence-electron chi connectivity index (χ3n) is 5.74. The summed E-state index contributed by atoms with van der Waals surface area (Å²) in [6.07, 6.45) is 6.88. The molecule has 6 nitrogen and oxygen atoms in total. The zero-order chi connectivity index (χ0) is 23.2. The van der Waals surface area contributed by atoms with E-state index in [2.05, 4.69) is 17.7 Å². The molecule has 0 spiro atoms. The minimum atomic E-state index is -0.607.